The predicted octanol–water partition coefficient (Wildman–Crippen LogP) is 3.12. The van der Waals surface area contributed by atoms with E-state index in [1.807, 2.05) is 6.07 Å². The van der Waals surface area contributed by atoms with Gasteiger partial charge in [-0.1, -0.05) is 29.8 Å². The average Bonchev–Trinajstić information content (AvgIpc) is 3.62. The van der Waals surface area contributed by atoms with Gasteiger partial charge in [0.15, 0.2) is 5.65 Å². The monoisotopic (exact) mass is 521 g/mol. The van der Waals surface area contributed by atoms with E-state index in [0.29, 0.717) is 27.7 Å². The Balaban J connectivity index is 1.30. The molecule has 0 unspecified atom stereocenters. The van der Waals surface area contributed by atoms with Crippen molar-refractivity contribution < 1.29 is 9.53 Å². The summed E-state index contributed by atoms with van der Waals surface area (Å²) in [6.07, 6.45) is 6.79. The van der Waals surface area contributed by atoms with E-state index in [9.17, 15) is 4.79 Å². The first-order chi connectivity index (χ1) is 17.9. The van der Waals surface area contributed by atoms with Crippen LogP contribution in [0.25, 0.3) is 22.6 Å². The Kier molecular flexibility index (Phi) is 6.30. The number of methoxy groups -OCH3 is 1. The molecule has 9 nitrogen and oxygen atoms in total. The van der Waals surface area contributed by atoms with Gasteiger partial charge in [-0.2, -0.15) is 0 Å². The summed E-state index contributed by atoms with van der Waals surface area (Å²) in [6, 6.07) is 6.13. The number of rotatable bonds is 7. The van der Waals surface area contributed by atoms with Gasteiger partial charge in [0.2, 0.25) is 5.91 Å². The van der Waals surface area contributed by atoms with Crippen LogP contribution in [0, 0.1) is 17.8 Å². The first-order valence-corrected chi connectivity index (χ1v) is 13.2. The third-order valence-electron chi connectivity index (χ3n) is 8.10. The summed E-state index contributed by atoms with van der Waals surface area (Å²) in [5, 5.41) is 4.00. The topological polar surface area (TPSA) is 112 Å². The van der Waals surface area contributed by atoms with E-state index < -0.39 is 0 Å². The number of piperazine rings is 1. The Labute approximate surface area is 221 Å². The molecule has 4 atom stereocenters. The zero-order chi connectivity index (χ0) is 25.7. The van der Waals surface area contributed by atoms with Crippen molar-refractivity contribution in [3.63, 3.8) is 0 Å². The zero-order valence-electron chi connectivity index (χ0n) is 21.1. The average molecular weight is 522 g/mol. The lowest BCUT2D eigenvalue weighted by Gasteiger charge is -2.32. The van der Waals surface area contributed by atoms with Gasteiger partial charge in [-0.05, 0) is 43.0 Å². The van der Waals surface area contributed by atoms with Crippen molar-refractivity contribution in [1.29, 1.82) is 0 Å². The molecular formula is C27H32ClN7O2. The molecule has 0 spiro atoms. The molecule has 37 heavy (non-hydrogen) atoms. The van der Waals surface area contributed by atoms with Gasteiger partial charge < -0.3 is 25.7 Å². The van der Waals surface area contributed by atoms with Crippen LogP contribution in [0.3, 0.4) is 0 Å². The maximum atomic E-state index is 12.2. The number of hydrogen-bond donors (Lipinski definition) is 3. The van der Waals surface area contributed by atoms with Crippen LogP contribution in [0.4, 0.5) is 5.69 Å². The largest absolute Gasteiger partial charge is 0.496 e. The van der Waals surface area contributed by atoms with E-state index in [0.717, 1.165) is 50.5 Å². The highest BCUT2D eigenvalue weighted by atomic mass is 35.5. The number of benzene rings is 1. The van der Waals surface area contributed by atoms with Gasteiger partial charge in [0.05, 0.1) is 35.5 Å². The van der Waals surface area contributed by atoms with Crippen LogP contribution in [0.1, 0.15) is 12.0 Å². The molecule has 0 radical (unpaired) electrons. The SMILES string of the molecule is COc1cc(CN2CCN(C)CC2)ccc1-c1nc2ncc(Cl)c(N[C@H]3[C@@H](C(N)=O)[C@@H]4C=C[C@@H]3C4)c2[nH]1. The maximum absolute atomic E-state index is 12.2. The highest BCUT2D eigenvalue weighted by Gasteiger charge is 2.47. The lowest BCUT2D eigenvalue weighted by atomic mass is 9.88. The van der Waals surface area contributed by atoms with Crippen molar-refractivity contribution in [1.82, 2.24) is 24.8 Å². The molecule has 6 rings (SSSR count). The molecule has 2 aromatic heterocycles. The smallest absolute Gasteiger partial charge is 0.223 e. The van der Waals surface area contributed by atoms with Crippen LogP contribution >= 0.6 is 11.6 Å². The van der Waals surface area contributed by atoms with E-state index in [1.54, 1.807) is 13.3 Å². The van der Waals surface area contributed by atoms with E-state index >= 15 is 0 Å². The van der Waals surface area contributed by atoms with Crippen LogP contribution in [0.5, 0.6) is 5.75 Å². The van der Waals surface area contributed by atoms with Crippen molar-refractivity contribution >= 4 is 34.4 Å². The summed E-state index contributed by atoms with van der Waals surface area (Å²) >= 11 is 6.61. The summed E-state index contributed by atoms with van der Waals surface area (Å²) in [6.45, 7) is 5.16. The summed E-state index contributed by atoms with van der Waals surface area (Å²) in [7, 11) is 3.84. The van der Waals surface area contributed by atoms with E-state index in [2.05, 4.69) is 56.4 Å². The summed E-state index contributed by atoms with van der Waals surface area (Å²) in [5.74, 6) is 1.24. The molecule has 2 aliphatic carbocycles. The first kappa shape index (κ1) is 24.2. The number of amides is 1. The van der Waals surface area contributed by atoms with Crippen LogP contribution < -0.4 is 15.8 Å². The number of primary amides is 1. The molecule has 3 aliphatic rings. The minimum Gasteiger partial charge on any atom is -0.496 e. The number of allylic oxidation sites excluding steroid dienone is 1. The minimum atomic E-state index is -0.289. The Morgan fingerprint density at radius 3 is 2.78 bits per heavy atom. The maximum Gasteiger partial charge on any atom is 0.223 e. The van der Waals surface area contributed by atoms with E-state index in [-0.39, 0.29) is 29.7 Å². The number of nitrogens with one attached hydrogen (secondary N) is 2. The lowest BCUT2D eigenvalue weighted by molar-refractivity contribution is -0.122. The number of fused-ring (bicyclic) bond motifs is 3. The number of likely N-dealkylation sites (N-methyl/N-ethyl adjacent to an activating group) is 1. The molecule has 3 aromatic rings. The van der Waals surface area contributed by atoms with Crippen LogP contribution in [0.2, 0.25) is 5.02 Å². The Morgan fingerprint density at radius 2 is 2.03 bits per heavy atom. The number of hydrogen-bond acceptors (Lipinski definition) is 7. The second-order valence-electron chi connectivity index (χ2n) is 10.4. The third kappa shape index (κ3) is 4.45. The molecule has 1 aliphatic heterocycles. The fraction of sp³-hybridized carbons (Fsp3) is 0.444. The highest BCUT2D eigenvalue weighted by molar-refractivity contribution is 6.34. The summed E-state index contributed by atoms with van der Waals surface area (Å²) < 4.78 is 5.77. The van der Waals surface area contributed by atoms with Gasteiger partial charge >= 0.3 is 0 Å². The fourth-order valence-corrected chi connectivity index (χ4v) is 6.27. The molecular weight excluding hydrogens is 490 g/mol. The number of pyridine rings is 1. The van der Waals surface area contributed by atoms with Crippen molar-refractivity contribution in [2.75, 3.05) is 45.7 Å². The van der Waals surface area contributed by atoms with E-state index in [4.69, 9.17) is 27.1 Å². The number of imidazole rings is 1. The number of aromatic nitrogens is 3. The highest BCUT2D eigenvalue weighted by Crippen LogP contribution is 2.46. The number of halogens is 1. The van der Waals surface area contributed by atoms with Gasteiger partial charge in [0, 0.05) is 38.8 Å². The second kappa shape index (κ2) is 9.63. The van der Waals surface area contributed by atoms with Gasteiger partial charge in [-0.3, -0.25) is 9.69 Å². The third-order valence-corrected chi connectivity index (χ3v) is 8.38. The Bertz CT molecular complexity index is 1360. The Morgan fingerprint density at radius 1 is 1.24 bits per heavy atom. The number of anilines is 1. The first-order valence-electron chi connectivity index (χ1n) is 12.8. The molecule has 4 N–H and O–H groups in total. The number of carbonyl (C=O) groups excluding carboxylic acids is 1. The van der Waals surface area contributed by atoms with Crippen LogP contribution in [0.15, 0.2) is 36.5 Å². The quantitative estimate of drug-likeness (QED) is 0.409. The predicted molar refractivity (Wildman–Crippen MR) is 144 cm³/mol. The number of aromatic amines is 1. The Hall–Kier alpha value is -3.14. The van der Waals surface area contributed by atoms with Crippen LogP contribution in [-0.4, -0.2) is 77.0 Å². The minimum absolute atomic E-state index is 0.120. The molecule has 1 aromatic carbocycles. The molecule has 10 heteroatoms. The summed E-state index contributed by atoms with van der Waals surface area (Å²) in [5.41, 5.74) is 9.75. The number of nitrogens with two attached hydrogens (primary N) is 1. The molecule has 2 bridgehead atoms. The molecule has 3 heterocycles. The molecule has 1 saturated carbocycles. The fourth-order valence-electron chi connectivity index (χ4n) is 6.07. The van der Waals surface area contributed by atoms with Crippen molar-refractivity contribution in [2.45, 2.75) is 19.0 Å². The van der Waals surface area contributed by atoms with Gasteiger partial charge in [-0.15, -0.1) is 0 Å². The normalized spacial score (nSPS) is 25.7. The van der Waals surface area contributed by atoms with Crippen molar-refractivity contribution in [3.05, 3.63) is 47.1 Å². The molecule has 1 saturated heterocycles. The standard InChI is InChI=1S/C27H32ClN7O2/c1-34-7-9-35(10-8-34)14-15-3-6-18(20(11-15)37-2)26-32-24-23(19(28)13-30-27(24)33-26)31-22-17-5-4-16(12-17)21(22)25(29)36/h3-6,11,13,16-17,21-22H,7-10,12,14H2,1-2H3,(H2,29,36)(H2,30,31,32,33)/t16-,17-,21+,22-/m1/s1. The summed E-state index contributed by atoms with van der Waals surface area (Å²) in [4.78, 5) is 29.7. The van der Waals surface area contributed by atoms with Gasteiger partial charge in [0.25, 0.3) is 0 Å². The molecule has 2 fully saturated rings. The van der Waals surface area contributed by atoms with E-state index in [1.165, 1.54) is 5.56 Å². The number of carbonyl (C=O) groups is 1. The van der Waals surface area contributed by atoms with Crippen molar-refractivity contribution in [2.24, 2.45) is 23.5 Å². The van der Waals surface area contributed by atoms with Gasteiger partial charge in [0.1, 0.15) is 17.1 Å². The number of nitrogens with zero attached hydrogens (tertiary/aromatic N) is 4. The molecule has 1 amide bonds. The van der Waals surface area contributed by atoms with Crippen LogP contribution in [-0.2, 0) is 11.3 Å². The number of H-pyrrole nitrogens is 1. The second-order valence-corrected chi connectivity index (χ2v) is 10.8. The lowest BCUT2D eigenvalue weighted by Crippen LogP contribution is -2.43. The molecule has 194 valence electrons. The van der Waals surface area contributed by atoms with Crippen molar-refractivity contribution in [3.8, 4) is 17.1 Å². The zero-order valence-corrected chi connectivity index (χ0v) is 21.8. The van der Waals surface area contributed by atoms with Gasteiger partial charge in [-0.25, -0.2) is 9.97 Å². The number of ether oxygens (including phenoxy) is 1.